The number of carbonyl (C=O) groups excluding carboxylic acids is 1. The zero-order chi connectivity index (χ0) is 8.97. The van der Waals surface area contributed by atoms with Gasteiger partial charge in [0.15, 0.2) is 0 Å². The Bertz CT molecular complexity index is 177. The van der Waals surface area contributed by atoms with Crippen molar-refractivity contribution in [2.45, 2.75) is 31.7 Å². The van der Waals surface area contributed by atoms with Crippen molar-refractivity contribution in [1.29, 1.82) is 0 Å². The number of hydrogen-bond acceptors (Lipinski definition) is 2. The van der Waals surface area contributed by atoms with Gasteiger partial charge in [-0.25, -0.2) is 4.79 Å². The van der Waals surface area contributed by atoms with Crippen LogP contribution in [0.25, 0.3) is 0 Å². The molecule has 0 aromatic heterocycles. The number of carbonyl (C=O) groups is 2. The molecule has 4 nitrogen and oxygen atoms in total. The van der Waals surface area contributed by atoms with Crippen LogP contribution >= 0.6 is 0 Å². The van der Waals surface area contributed by atoms with E-state index in [9.17, 15) is 9.59 Å². The van der Waals surface area contributed by atoms with Gasteiger partial charge in [-0.1, -0.05) is 19.3 Å². The van der Waals surface area contributed by atoms with E-state index in [4.69, 9.17) is 5.11 Å². The van der Waals surface area contributed by atoms with Crippen LogP contribution in [-0.2, 0) is 9.59 Å². The van der Waals surface area contributed by atoms with E-state index in [1.54, 1.807) is 0 Å². The van der Waals surface area contributed by atoms with Crippen molar-refractivity contribution in [3.63, 3.8) is 0 Å². The van der Waals surface area contributed by atoms with Gasteiger partial charge >= 0.3 is 5.97 Å². The van der Waals surface area contributed by atoms with Crippen LogP contribution in [0.2, 0.25) is 0 Å². The van der Waals surface area contributed by atoms with Crippen LogP contribution in [0.3, 0.4) is 0 Å². The first-order valence-electron chi connectivity index (χ1n) is 4.16. The molecule has 0 saturated heterocycles. The lowest BCUT2D eigenvalue weighted by atomic mass is 9.81. The molecule has 1 fully saturated rings. The number of aliphatic carboxylic acids is 1. The zero-order valence-corrected chi connectivity index (χ0v) is 6.82. The molecule has 2 N–H and O–H groups in total. The molecule has 0 heterocycles. The molecule has 0 radical (unpaired) electrons. The topological polar surface area (TPSA) is 66.4 Å². The third-order valence-electron chi connectivity index (χ3n) is 2.36. The van der Waals surface area contributed by atoms with Crippen molar-refractivity contribution < 1.29 is 14.7 Å². The van der Waals surface area contributed by atoms with E-state index in [0.717, 1.165) is 12.8 Å². The van der Waals surface area contributed by atoms with E-state index in [2.05, 4.69) is 5.32 Å². The number of hydrogen-bond donors (Lipinski definition) is 2. The Hall–Kier alpha value is -1.06. The summed E-state index contributed by atoms with van der Waals surface area (Å²) in [5.41, 5.74) is 0. The Kier molecular flexibility index (Phi) is 3.08. The van der Waals surface area contributed by atoms with Gasteiger partial charge in [-0.2, -0.15) is 0 Å². The molecule has 1 atom stereocenters. The summed E-state index contributed by atoms with van der Waals surface area (Å²) in [6.07, 6.45) is 4.43. The standard InChI is InChI=1S/C8H13NO3/c10-5-9-7(8(11)12)4-6-2-1-3-6/h5-7H,1-4H2,(H,9,10)(H,11,12). The predicted octanol–water partition coefficient (Wildman–Crippen LogP) is 0.376. The summed E-state index contributed by atoms with van der Waals surface area (Å²) >= 11 is 0. The van der Waals surface area contributed by atoms with Gasteiger partial charge < -0.3 is 10.4 Å². The smallest absolute Gasteiger partial charge is 0.326 e. The summed E-state index contributed by atoms with van der Waals surface area (Å²) in [6, 6.07) is -0.687. The number of amides is 1. The highest BCUT2D eigenvalue weighted by Crippen LogP contribution is 2.30. The second kappa shape index (κ2) is 4.09. The fraction of sp³-hybridized carbons (Fsp3) is 0.750. The molecule has 0 aliphatic heterocycles. The van der Waals surface area contributed by atoms with Crippen LogP contribution < -0.4 is 5.32 Å². The molecule has 0 aromatic rings. The van der Waals surface area contributed by atoms with Crippen LogP contribution in [0.5, 0.6) is 0 Å². The van der Waals surface area contributed by atoms with E-state index in [-0.39, 0.29) is 0 Å². The first-order chi connectivity index (χ1) is 5.74. The highest BCUT2D eigenvalue weighted by Gasteiger charge is 2.25. The summed E-state index contributed by atoms with van der Waals surface area (Å²) in [4.78, 5) is 20.6. The van der Waals surface area contributed by atoms with Crippen molar-refractivity contribution >= 4 is 12.4 Å². The Labute approximate surface area is 71.0 Å². The van der Waals surface area contributed by atoms with Crippen LogP contribution in [0, 0.1) is 5.92 Å². The van der Waals surface area contributed by atoms with Gasteiger partial charge in [0.05, 0.1) is 0 Å². The molecule has 68 valence electrons. The van der Waals surface area contributed by atoms with Crippen molar-refractivity contribution in [2.75, 3.05) is 0 Å². The maximum atomic E-state index is 10.5. The molecule has 0 spiro atoms. The highest BCUT2D eigenvalue weighted by atomic mass is 16.4. The molecule has 1 rings (SSSR count). The third kappa shape index (κ3) is 2.22. The Morgan fingerprint density at radius 2 is 2.33 bits per heavy atom. The molecule has 0 bridgehead atoms. The van der Waals surface area contributed by atoms with E-state index in [1.165, 1.54) is 6.42 Å². The molecule has 12 heavy (non-hydrogen) atoms. The number of carboxylic acids is 1. The summed E-state index contributed by atoms with van der Waals surface area (Å²) in [7, 11) is 0. The van der Waals surface area contributed by atoms with Crippen molar-refractivity contribution in [3.8, 4) is 0 Å². The second-order valence-corrected chi connectivity index (χ2v) is 3.21. The summed E-state index contributed by atoms with van der Waals surface area (Å²) in [5.74, 6) is -0.437. The van der Waals surface area contributed by atoms with E-state index in [0.29, 0.717) is 18.7 Å². The average Bonchev–Trinajstić information content (AvgIpc) is 1.93. The molecular weight excluding hydrogens is 158 g/mol. The SMILES string of the molecule is O=CNC(CC1CCC1)C(=O)O. The van der Waals surface area contributed by atoms with Crippen LogP contribution in [0.15, 0.2) is 0 Å². The minimum atomic E-state index is -0.936. The molecule has 1 unspecified atom stereocenters. The molecule has 1 amide bonds. The third-order valence-corrected chi connectivity index (χ3v) is 2.36. The fourth-order valence-electron chi connectivity index (χ4n) is 1.38. The van der Waals surface area contributed by atoms with Gasteiger partial charge in [0.2, 0.25) is 6.41 Å². The van der Waals surface area contributed by atoms with Gasteiger partial charge in [0.25, 0.3) is 0 Å². The Morgan fingerprint density at radius 1 is 1.67 bits per heavy atom. The highest BCUT2D eigenvalue weighted by molar-refractivity contribution is 5.76. The number of nitrogens with one attached hydrogen (secondary N) is 1. The van der Waals surface area contributed by atoms with E-state index >= 15 is 0 Å². The van der Waals surface area contributed by atoms with Gasteiger partial charge in [0.1, 0.15) is 6.04 Å². The van der Waals surface area contributed by atoms with Gasteiger partial charge in [-0.3, -0.25) is 4.79 Å². The Balaban J connectivity index is 2.30. The maximum Gasteiger partial charge on any atom is 0.326 e. The zero-order valence-electron chi connectivity index (χ0n) is 6.82. The van der Waals surface area contributed by atoms with Crippen LogP contribution in [0.4, 0.5) is 0 Å². The summed E-state index contributed by atoms with van der Waals surface area (Å²) in [5, 5.41) is 11.0. The largest absolute Gasteiger partial charge is 0.480 e. The first kappa shape index (κ1) is 9.03. The lowest BCUT2D eigenvalue weighted by molar-refractivity contribution is -0.141. The summed E-state index contributed by atoms with van der Waals surface area (Å²) in [6.45, 7) is 0. The van der Waals surface area contributed by atoms with Crippen LogP contribution in [0.1, 0.15) is 25.7 Å². The fourth-order valence-corrected chi connectivity index (χ4v) is 1.38. The minimum absolute atomic E-state index is 0.456. The van der Waals surface area contributed by atoms with E-state index < -0.39 is 12.0 Å². The maximum absolute atomic E-state index is 10.5. The molecule has 1 aliphatic rings. The molecular formula is C8H13NO3. The predicted molar refractivity (Wildman–Crippen MR) is 42.6 cm³/mol. The summed E-state index contributed by atoms with van der Waals surface area (Å²) < 4.78 is 0. The van der Waals surface area contributed by atoms with Crippen LogP contribution in [-0.4, -0.2) is 23.5 Å². The average molecular weight is 171 g/mol. The molecule has 4 heteroatoms. The molecule has 0 aromatic carbocycles. The van der Waals surface area contributed by atoms with Gasteiger partial charge in [-0.15, -0.1) is 0 Å². The second-order valence-electron chi connectivity index (χ2n) is 3.21. The van der Waals surface area contributed by atoms with E-state index in [1.807, 2.05) is 0 Å². The molecule has 1 aliphatic carbocycles. The van der Waals surface area contributed by atoms with Gasteiger partial charge in [0, 0.05) is 0 Å². The molecule has 1 saturated carbocycles. The first-order valence-corrected chi connectivity index (χ1v) is 4.16. The lowest BCUT2D eigenvalue weighted by Crippen LogP contribution is -2.38. The van der Waals surface area contributed by atoms with Crippen molar-refractivity contribution in [2.24, 2.45) is 5.92 Å². The monoisotopic (exact) mass is 171 g/mol. The van der Waals surface area contributed by atoms with Crippen molar-refractivity contribution in [1.82, 2.24) is 5.32 Å². The normalized spacial score (nSPS) is 19.3. The Morgan fingerprint density at radius 3 is 2.67 bits per heavy atom. The quantitative estimate of drug-likeness (QED) is 0.587. The van der Waals surface area contributed by atoms with Gasteiger partial charge in [-0.05, 0) is 12.3 Å². The van der Waals surface area contributed by atoms with Crippen molar-refractivity contribution in [3.05, 3.63) is 0 Å². The number of carboxylic acid groups (broad SMARTS) is 1. The minimum Gasteiger partial charge on any atom is -0.480 e. The number of rotatable bonds is 5. The lowest BCUT2D eigenvalue weighted by Gasteiger charge is -2.27.